The van der Waals surface area contributed by atoms with Crippen LogP contribution in [0, 0.1) is 11.8 Å². The third kappa shape index (κ3) is 8.22. The van der Waals surface area contributed by atoms with E-state index in [1.54, 1.807) is 6.20 Å². The molecule has 4 aliphatic heterocycles. The number of benzene rings is 2. The zero-order valence-corrected chi connectivity index (χ0v) is 30.6. The quantitative estimate of drug-likeness (QED) is 0.138. The van der Waals surface area contributed by atoms with Crippen LogP contribution in [0.2, 0.25) is 5.02 Å². The molecule has 8 rings (SSSR count). The molecule has 4 N–H and O–H groups in total. The summed E-state index contributed by atoms with van der Waals surface area (Å²) in [7, 11) is 0. The Morgan fingerprint density at radius 1 is 0.846 bits per heavy atom. The van der Waals surface area contributed by atoms with Crippen LogP contribution in [0.15, 0.2) is 60.9 Å². The predicted octanol–water partition coefficient (Wildman–Crippen LogP) is 6.00. The van der Waals surface area contributed by atoms with E-state index in [-0.39, 0.29) is 17.9 Å². The topological polar surface area (TPSA) is 122 Å². The average Bonchev–Trinajstić information content (AvgIpc) is 3.81. The molecule has 6 heterocycles. The number of nitrogens with one attached hydrogen (secondary N) is 4. The minimum absolute atomic E-state index is 0.188. The van der Waals surface area contributed by atoms with E-state index < -0.39 is 0 Å². The van der Waals surface area contributed by atoms with Crippen molar-refractivity contribution in [2.45, 2.75) is 63.5 Å². The highest BCUT2D eigenvalue weighted by molar-refractivity contribution is 6.33. The van der Waals surface area contributed by atoms with Crippen molar-refractivity contribution in [1.29, 1.82) is 0 Å². The number of hydrogen-bond donors (Lipinski definition) is 4. The number of carbonyl (C=O) groups excluding carboxylic acids is 2. The fourth-order valence-electron chi connectivity index (χ4n) is 8.59. The van der Waals surface area contributed by atoms with Crippen LogP contribution in [0.5, 0.6) is 0 Å². The summed E-state index contributed by atoms with van der Waals surface area (Å²) in [6.07, 6.45) is 12.1. The molecule has 0 bridgehead atoms. The maximum absolute atomic E-state index is 12.1. The van der Waals surface area contributed by atoms with E-state index in [0.717, 1.165) is 78.8 Å². The monoisotopic (exact) mass is 723 g/mol. The third-order valence-electron chi connectivity index (χ3n) is 11.7. The number of para-hydroxylation sites is 1. The van der Waals surface area contributed by atoms with Gasteiger partial charge in [0.05, 0.1) is 16.9 Å². The molecule has 4 aromatic rings. The summed E-state index contributed by atoms with van der Waals surface area (Å²) in [5.41, 5.74) is 4.98. The number of piperidine rings is 3. The second-order valence-electron chi connectivity index (χ2n) is 15.2. The van der Waals surface area contributed by atoms with Gasteiger partial charge in [-0.1, -0.05) is 29.8 Å². The number of nitrogens with zero attached hydrogens (tertiary/aromatic N) is 5. The van der Waals surface area contributed by atoms with Gasteiger partial charge in [-0.25, -0.2) is 9.97 Å². The zero-order chi connectivity index (χ0) is 35.4. The Morgan fingerprint density at radius 2 is 1.62 bits per heavy atom. The van der Waals surface area contributed by atoms with E-state index in [9.17, 15) is 9.59 Å². The first kappa shape index (κ1) is 34.9. The fraction of sp³-hybridized carbons (Fsp3) is 0.500. The highest BCUT2D eigenvalue weighted by Gasteiger charge is 2.29. The van der Waals surface area contributed by atoms with Gasteiger partial charge in [0.15, 0.2) is 0 Å². The Balaban J connectivity index is 0.726. The summed E-state index contributed by atoms with van der Waals surface area (Å²) < 4.78 is 0. The lowest BCUT2D eigenvalue weighted by atomic mass is 9.91. The van der Waals surface area contributed by atoms with E-state index >= 15 is 0 Å². The Kier molecular flexibility index (Phi) is 10.6. The molecule has 11 nitrogen and oxygen atoms in total. The molecule has 4 aliphatic rings. The number of likely N-dealkylation sites (tertiary alicyclic amines) is 2. The van der Waals surface area contributed by atoms with Gasteiger partial charge in [0, 0.05) is 79.2 Å². The first-order valence-corrected chi connectivity index (χ1v) is 19.6. The average molecular weight is 724 g/mol. The number of aromatic nitrogens is 3. The summed E-state index contributed by atoms with van der Waals surface area (Å²) in [4.78, 5) is 44.0. The van der Waals surface area contributed by atoms with Crippen molar-refractivity contribution in [2.75, 3.05) is 67.9 Å². The minimum atomic E-state index is -0.352. The van der Waals surface area contributed by atoms with Gasteiger partial charge in [-0.3, -0.25) is 14.9 Å². The molecular weight excluding hydrogens is 674 g/mol. The van der Waals surface area contributed by atoms with Crippen LogP contribution in [-0.2, 0) is 9.59 Å². The number of fused-ring (bicyclic) bond motifs is 1. The molecule has 52 heavy (non-hydrogen) atoms. The van der Waals surface area contributed by atoms with Crippen molar-refractivity contribution in [1.82, 2.24) is 30.1 Å². The van der Waals surface area contributed by atoms with Crippen molar-refractivity contribution < 1.29 is 9.59 Å². The number of hydrogen-bond acceptors (Lipinski definition) is 9. The molecular formula is C40H50ClN9O2. The zero-order valence-electron chi connectivity index (χ0n) is 29.8. The van der Waals surface area contributed by atoms with Gasteiger partial charge in [0.1, 0.15) is 6.04 Å². The van der Waals surface area contributed by atoms with Gasteiger partial charge in [0.2, 0.25) is 17.8 Å². The summed E-state index contributed by atoms with van der Waals surface area (Å²) in [5, 5.41) is 11.0. The van der Waals surface area contributed by atoms with Crippen LogP contribution in [0.25, 0.3) is 22.2 Å². The summed E-state index contributed by atoms with van der Waals surface area (Å²) in [6, 6.07) is 16.6. The van der Waals surface area contributed by atoms with Gasteiger partial charge >= 0.3 is 0 Å². The van der Waals surface area contributed by atoms with Crippen LogP contribution in [-0.4, -0.2) is 101 Å². The Labute approximate surface area is 310 Å². The lowest BCUT2D eigenvalue weighted by molar-refractivity contribution is -0.133. The molecule has 2 atom stereocenters. The van der Waals surface area contributed by atoms with Gasteiger partial charge in [-0.2, -0.15) is 0 Å². The van der Waals surface area contributed by atoms with Crippen molar-refractivity contribution in [3.8, 4) is 11.3 Å². The number of imide groups is 1. The van der Waals surface area contributed by atoms with Crippen molar-refractivity contribution in [3.05, 3.63) is 65.9 Å². The number of aromatic amines is 1. The SMILES string of the molecule is O=C1CCC(Nc2ccc(N3CCC(CN4CCC(CCN5CC[C@@H](Nc6ncc(Cl)c(-c7c[nH]c8ccccc78)n6)C5)CC4)CC3)cc2)C(=O)N1. The van der Waals surface area contributed by atoms with Crippen molar-refractivity contribution in [2.24, 2.45) is 11.8 Å². The number of amides is 2. The lowest BCUT2D eigenvalue weighted by Crippen LogP contribution is -2.47. The van der Waals surface area contributed by atoms with Crippen LogP contribution >= 0.6 is 11.6 Å². The van der Waals surface area contributed by atoms with Crippen LogP contribution in [0.3, 0.4) is 0 Å². The summed E-state index contributed by atoms with van der Waals surface area (Å²) in [5.74, 6) is 1.80. The van der Waals surface area contributed by atoms with Crippen LogP contribution in [0.1, 0.15) is 51.4 Å². The first-order chi connectivity index (χ1) is 25.4. The van der Waals surface area contributed by atoms with Gasteiger partial charge < -0.3 is 30.3 Å². The van der Waals surface area contributed by atoms with E-state index in [1.165, 1.54) is 57.4 Å². The van der Waals surface area contributed by atoms with E-state index in [4.69, 9.17) is 16.6 Å². The van der Waals surface area contributed by atoms with E-state index in [0.29, 0.717) is 29.9 Å². The Morgan fingerprint density at radius 3 is 2.42 bits per heavy atom. The number of carbonyl (C=O) groups is 2. The fourth-order valence-corrected chi connectivity index (χ4v) is 8.78. The summed E-state index contributed by atoms with van der Waals surface area (Å²) in [6.45, 7) is 9.15. The van der Waals surface area contributed by atoms with Crippen LogP contribution in [0.4, 0.5) is 17.3 Å². The number of rotatable bonds is 11. The lowest BCUT2D eigenvalue weighted by Gasteiger charge is -2.38. The highest BCUT2D eigenvalue weighted by atomic mass is 35.5. The molecule has 4 saturated heterocycles. The highest BCUT2D eigenvalue weighted by Crippen LogP contribution is 2.33. The molecule has 0 spiro atoms. The van der Waals surface area contributed by atoms with Crippen molar-refractivity contribution >= 4 is 51.6 Å². The largest absolute Gasteiger partial charge is 0.374 e. The van der Waals surface area contributed by atoms with Gasteiger partial charge in [0.25, 0.3) is 0 Å². The normalized spacial score (nSPS) is 22.6. The molecule has 2 aromatic carbocycles. The number of anilines is 3. The molecule has 12 heteroatoms. The molecule has 1 unspecified atom stereocenters. The third-order valence-corrected chi connectivity index (χ3v) is 12.0. The number of H-pyrrole nitrogens is 1. The van der Waals surface area contributed by atoms with E-state index in [2.05, 4.69) is 64.9 Å². The smallest absolute Gasteiger partial charge is 0.249 e. The second-order valence-corrected chi connectivity index (χ2v) is 15.6. The summed E-state index contributed by atoms with van der Waals surface area (Å²) >= 11 is 6.56. The van der Waals surface area contributed by atoms with Crippen molar-refractivity contribution in [3.63, 3.8) is 0 Å². The van der Waals surface area contributed by atoms with Crippen LogP contribution < -0.4 is 20.9 Å². The molecule has 4 fully saturated rings. The molecule has 274 valence electrons. The molecule has 0 radical (unpaired) electrons. The molecule has 2 aromatic heterocycles. The number of halogens is 1. The maximum atomic E-state index is 12.1. The molecule has 2 amide bonds. The Hall–Kier alpha value is -4.19. The predicted molar refractivity (Wildman–Crippen MR) is 208 cm³/mol. The van der Waals surface area contributed by atoms with Gasteiger partial charge in [-0.15, -0.1) is 0 Å². The molecule has 0 aliphatic carbocycles. The van der Waals surface area contributed by atoms with Gasteiger partial charge in [-0.05, 0) is 107 Å². The van der Waals surface area contributed by atoms with E-state index in [1.807, 2.05) is 30.5 Å². The first-order valence-electron chi connectivity index (χ1n) is 19.2. The second kappa shape index (κ2) is 15.8. The minimum Gasteiger partial charge on any atom is -0.374 e. The maximum Gasteiger partial charge on any atom is 0.249 e. The Bertz CT molecular complexity index is 1850. The standard InChI is InChI=1S/C40H50ClN9O2/c41-34-24-43-40(47-38(34)33-23-42-35-4-2-1-3-32(33)35)45-30-16-20-49(26-30)19-13-27-11-17-48(18-12-27)25-28-14-21-50(22-15-28)31-7-5-29(6-8-31)44-36-9-10-37(51)46-39(36)52/h1-8,23-24,27-28,30,36,42,44H,9-22,25-26H2,(H,43,45,47)(H,46,51,52)/t30-,36?/m1/s1. The molecule has 0 saturated carbocycles.